The molecule has 0 bridgehead atoms. The summed E-state index contributed by atoms with van der Waals surface area (Å²) in [5.74, 6) is 1.61. The fourth-order valence-electron chi connectivity index (χ4n) is 2.52. The lowest BCUT2D eigenvalue weighted by molar-refractivity contribution is 0.0796. The van der Waals surface area contributed by atoms with E-state index >= 15 is 0 Å². The van der Waals surface area contributed by atoms with Crippen LogP contribution < -0.4 is 4.74 Å². The molecule has 6 nitrogen and oxygen atoms in total. The summed E-state index contributed by atoms with van der Waals surface area (Å²) >= 11 is 5.94. The Kier molecular flexibility index (Phi) is 6.08. The van der Waals surface area contributed by atoms with Gasteiger partial charge >= 0.3 is 0 Å². The molecular formula is C20H20ClN3O3. The smallest absolute Gasteiger partial charge is 0.264 e. The number of carbonyl (C=O) groups excluding carboxylic acids is 1. The van der Waals surface area contributed by atoms with E-state index in [4.69, 9.17) is 20.9 Å². The molecule has 0 aliphatic rings. The van der Waals surface area contributed by atoms with Crippen LogP contribution in [-0.4, -0.2) is 34.5 Å². The van der Waals surface area contributed by atoms with Gasteiger partial charge in [0, 0.05) is 30.6 Å². The van der Waals surface area contributed by atoms with Crippen LogP contribution in [0.15, 0.2) is 53.1 Å². The van der Waals surface area contributed by atoms with Crippen LogP contribution in [0.4, 0.5) is 0 Å². The molecule has 0 saturated heterocycles. The van der Waals surface area contributed by atoms with Gasteiger partial charge in [-0.25, -0.2) is 0 Å². The topological polar surface area (TPSA) is 68.5 Å². The summed E-state index contributed by atoms with van der Waals surface area (Å²) in [6.07, 6.45) is 0.483. The van der Waals surface area contributed by atoms with Gasteiger partial charge < -0.3 is 14.2 Å². The summed E-state index contributed by atoms with van der Waals surface area (Å²) in [5, 5.41) is 4.48. The van der Waals surface area contributed by atoms with Crippen molar-refractivity contribution in [3.05, 3.63) is 76.4 Å². The molecule has 1 heterocycles. The second-order valence-corrected chi connectivity index (χ2v) is 6.58. The van der Waals surface area contributed by atoms with Crippen LogP contribution in [0.1, 0.15) is 27.6 Å². The zero-order valence-corrected chi connectivity index (χ0v) is 15.9. The second-order valence-electron chi connectivity index (χ2n) is 6.15. The molecule has 2 aromatic carbocycles. The molecule has 0 spiro atoms. The molecule has 140 valence electrons. The summed E-state index contributed by atoms with van der Waals surface area (Å²) in [5.41, 5.74) is 1.59. The number of hydrogen-bond acceptors (Lipinski definition) is 5. The number of ether oxygens (including phenoxy) is 1. The lowest BCUT2D eigenvalue weighted by atomic mass is 10.2. The molecule has 0 saturated carbocycles. The van der Waals surface area contributed by atoms with Gasteiger partial charge in [-0.15, -0.1) is 0 Å². The fraction of sp³-hybridized carbons (Fsp3) is 0.250. The van der Waals surface area contributed by atoms with E-state index in [0.717, 1.165) is 11.3 Å². The van der Waals surface area contributed by atoms with E-state index in [1.807, 2.05) is 31.2 Å². The normalized spacial score (nSPS) is 10.6. The Morgan fingerprint density at radius 3 is 2.81 bits per heavy atom. The highest BCUT2D eigenvalue weighted by molar-refractivity contribution is 6.30. The highest BCUT2D eigenvalue weighted by atomic mass is 35.5. The third kappa shape index (κ3) is 5.08. The van der Waals surface area contributed by atoms with Gasteiger partial charge in [0.15, 0.2) is 12.4 Å². The van der Waals surface area contributed by atoms with Crippen LogP contribution in [0.25, 0.3) is 0 Å². The summed E-state index contributed by atoms with van der Waals surface area (Å²) < 4.78 is 10.9. The average molecular weight is 386 g/mol. The average Bonchev–Trinajstić information content (AvgIpc) is 3.13. The minimum Gasteiger partial charge on any atom is -0.483 e. The number of rotatable bonds is 7. The summed E-state index contributed by atoms with van der Waals surface area (Å²) in [4.78, 5) is 18.3. The maximum atomic E-state index is 12.4. The van der Waals surface area contributed by atoms with Crippen molar-refractivity contribution >= 4 is 17.5 Å². The van der Waals surface area contributed by atoms with Crippen LogP contribution in [0.2, 0.25) is 5.02 Å². The Morgan fingerprint density at radius 1 is 1.22 bits per heavy atom. The quantitative estimate of drug-likeness (QED) is 0.616. The van der Waals surface area contributed by atoms with Crippen molar-refractivity contribution in [3.8, 4) is 5.75 Å². The molecule has 0 radical (unpaired) electrons. The molecule has 0 atom stereocenters. The van der Waals surface area contributed by atoms with Crippen LogP contribution >= 0.6 is 11.6 Å². The SMILES string of the molecule is Cc1ccccc1OCc1nc(CCN(C)C(=O)c2cccc(Cl)c2)no1. The monoisotopic (exact) mass is 385 g/mol. The van der Waals surface area contributed by atoms with E-state index < -0.39 is 0 Å². The summed E-state index contributed by atoms with van der Waals surface area (Å²) in [6.45, 7) is 2.64. The Bertz CT molecular complexity index is 926. The number of hydrogen-bond donors (Lipinski definition) is 0. The van der Waals surface area contributed by atoms with Crippen molar-refractivity contribution in [3.63, 3.8) is 0 Å². The maximum absolute atomic E-state index is 12.4. The first-order valence-electron chi connectivity index (χ1n) is 8.54. The van der Waals surface area contributed by atoms with Crippen LogP contribution in [0.3, 0.4) is 0 Å². The fourth-order valence-corrected chi connectivity index (χ4v) is 2.71. The highest BCUT2D eigenvalue weighted by Gasteiger charge is 2.14. The third-order valence-corrected chi connectivity index (χ3v) is 4.28. The van der Waals surface area contributed by atoms with Gasteiger partial charge in [-0.05, 0) is 36.8 Å². The van der Waals surface area contributed by atoms with Gasteiger partial charge in [0.05, 0.1) is 0 Å². The second kappa shape index (κ2) is 8.68. The first-order valence-corrected chi connectivity index (χ1v) is 8.91. The first kappa shape index (κ1) is 18.9. The predicted octanol–water partition coefficient (Wildman–Crippen LogP) is 3.93. The van der Waals surface area contributed by atoms with Crippen molar-refractivity contribution in [2.45, 2.75) is 20.0 Å². The molecule has 3 aromatic rings. The van der Waals surface area contributed by atoms with Crippen molar-refractivity contribution in [2.75, 3.05) is 13.6 Å². The number of amides is 1. The van der Waals surface area contributed by atoms with Gasteiger partial charge in [-0.3, -0.25) is 4.79 Å². The van der Waals surface area contributed by atoms with Crippen molar-refractivity contribution in [1.29, 1.82) is 0 Å². The number of carbonyl (C=O) groups is 1. The molecular weight excluding hydrogens is 366 g/mol. The lowest BCUT2D eigenvalue weighted by Gasteiger charge is -2.16. The number of aromatic nitrogens is 2. The molecule has 27 heavy (non-hydrogen) atoms. The minimum atomic E-state index is -0.107. The van der Waals surface area contributed by atoms with E-state index in [9.17, 15) is 4.79 Å². The first-order chi connectivity index (χ1) is 13.0. The number of para-hydroxylation sites is 1. The van der Waals surface area contributed by atoms with Gasteiger partial charge in [0.2, 0.25) is 0 Å². The van der Waals surface area contributed by atoms with Crippen LogP contribution in [-0.2, 0) is 13.0 Å². The number of aryl methyl sites for hydroxylation is 1. The molecule has 7 heteroatoms. The predicted molar refractivity (Wildman–Crippen MR) is 102 cm³/mol. The van der Waals surface area contributed by atoms with E-state index in [1.54, 1.807) is 36.2 Å². The Labute approximate surface area is 162 Å². The van der Waals surface area contributed by atoms with E-state index in [0.29, 0.717) is 35.3 Å². The number of likely N-dealkylation sites (N-methyl/N-ethyl adjacent to an activating group) is 1. The number of nitrogens with zero attached hydrogens (tertiary/aromatic N) is 3. The molecule has 0 unspecified atom stereocenters. The largest absolute Gasteiger partial charge is 0.483 e. The molecule has 1 aromatic heterocycles. The van der Waals surface area contributed by atoms with Gasteiger partial charge in [-0.1, -0.05) is 41.0 Å². The van der Waals surface area contributed by atoms with E-state index in [1.165, 1.54) is 0 Å². The number of halogens is 1. The molecule has 1 amide bonds. The molecule has 0 aliphatic heterocycles. The third-order valence-electron chi connectivity index (χ3n) is 4.04. The number of benzene rings is 2. The summed E-state index contributed by atoms with van der Waals surface area (Å²) in [7, 11) is 1.73. The zero-order chi connectivity index (χ0) is 19.2. The molecule has 0 N–H and O–H groups in total. The van der Waals surface area contributed by atoms with Crippen molar-refractivity contribution < 1.29 is 14.1 Å². The standard InChI is InChI=1S/C20H20ClN3O3/c1-14-6-3-4-9-17(14)26-13-19-22-18(23-27-19)10-11-24(2)20(25)15-7-5-8-16(21)12-15/h3-9,12H,10-11,13H2,1-2H3. The van der Waals surface area contributed by atoms with Crippen LogP contribution in [0.5, 0.6) is 5.75 Å². The van der Waals surface area contributed by atoms with Gasteiger partial charge in [0.25, 0.3) is 11.8 Å². The Balaban J connectivity index is 1.52. The zero-order valence-electron chi connectivity index (χ0n) is 15.2. The molecule has 0 aliphatic carbocycles. The van der Waals surface area contributed by atoms with E-state index in [2.05, 4.69) is 10.1 Å². The Morgan fingerprint density at radius 2 is 2.04 bits per heavy atom. The van der Waals surface area contributed by atoms with Crippen molar-refractivity contribution in [2.24, 2.45) is 0 Å². The minimum absolute atomic E-state index is 0.107. The maximum Gasteiger partial charge on any atom is 0.264 e. The lowest BCUT2D eigenvalue weighted by Crippen LogP contribution is -2.29. The van der Waals surface area contributed by atoms with E-state index in [-0.39, 0.29) is 12.5 Å². The molecule has 3 rings (SSSR count). The highest BCUT2D eigenvalue weighted by Crippen LogP contribution is 2.17. The van der Waals surface area contributed by atoms with Gasteiger partial charge in [0.1, 0.15) is 5.75 Å². The van der Waals surface area contributed by atoms with Crippen LogP contribution in [0, 0.1) is 6.92 Å². The Hall–Kier alpha value is -2.86. The summed E-state index contributed by atoms with van der Waals surface area (Å²) in [6, 6.07) is 14.6. The van der Waals surface area contributed by atoms with Crippen molar-refractivity contribution in [1.82, 2.24) is 15.0 Å². The molecule has 0 fully saturated rings. The van der Waals surface area contributed by atoms with Gasteiger partial charge in [-0.2, -0.15) is 4.98 Å².